The third-order valence-corrected chi connectivity index (χ3v) is 5.73. The van der Waals surface area contributed by atoms with Gasteiger partial charge in [0, 0.05) is 11.2 Å². The second-order valence-electron chi connectivity index (χ2n) is 5.58. The zero-order valence-electron chi connectivity index (χ0n) is 13.6. The summed E-state index contributed by atoms with van der Waals surface area (Å²) in [5.41, 5.74) is 1.70. The van der Waals surface area contributed by atoms with Crippen molar-refractivity contribution >= 4 is 73.1 Å². The molecule has 0 saturated heterocycles. The van der Waals surface area contributed by atoms with Crippen molar-refractivity contribution in [2.24, 2.45) is 0 Å². The molecule has 0 radical (unpaired) electrons. The molecule has 4 aromatic rings. The molecule has 2 aromatic carbocycles. The SMILES string of the molecule is O=C(c1cnc(Cl)c(Cl)c1)N(c1cccc(Cl)c1)c1nc2ccccc2s1. The summed E-state index contributed by atoms with van der Waals surface area (Å²) in [6, 6.07) is 16.2. The van der Waals surface area contributed by atoms with Gasteiger partial charge in [-0.3, -0.25) is 9.69 Å². The Morgan fingerprint density at radius 1 is 1.00 bits per heavy atom. The molecule has 134 valence electrons. The highest BCUT2D eigenvalue weighted by molar-refractivity contribution is 7.22. The Labute approximate surface area is 174 Å². The van der Waals surface area contributed by atoms with Gasteiger partial charge >= 0.3 is 0 Å². The van der Waals surface area contributed by atoms with Crippen molar-refractivity contribution in [2.75, 3.05) is 4.90 Å². The van der Waals surface area contributed by atoms with Crippen LogP contribution in [0.2, 0.25) is 15.2 Å². The van der Waals surface area contributed by atoms with Gasteiger partial charge in [0.25, 0.3) is 5.91 Å². The molecular formula is C19H10Cl3N3OS. The van der Waals surface area contributed by atoms with Crippen LogP contribution in [0.4, 0.5) is 10.8 Å². The lowest BCUT2D eigenvalue weighted by Crippen LogP contribution is -2.26. The number of hydrogen-bond donors (Lipinski definition) is 0. The zero-order valence-corrected chi connectivity index (χ0v) is 16.6. The number of halogens is 3. The van der Waals surface area contributed by atoms with E-state index >= 15 is 0 Å². The van der Waals surface area contributed by atoms with Crippen molar-refractivity contribution in [3.05, 3.63) is 81.6 Å². The monoisotopic (exact) mass is 433 g/mol. The van der Waals surface area contributed by atoms with Gasteiger partial charge in [-0.25, -0.2) is 9.97 Å². The Bertz CT molecular complexity index is 1130. The third-order valence-electron chi connectivity index (χ3n) is 3.79. The molecule has 8 heteroatoms. The normalized spacial score (nSPS) is 10.9. The Hall–Kier alpha value is -2.18. The van der Waals surface area contributed by atoms with E-state index in [1.807, 2.05) is 24.3 Å². The maximum absolute atomic E-state index is 13.3. The van der Waals surface area contributed by atoms with Crippen molar-refractivity contribution in [1.29, 1.82) is 0 Å². The van der Waals surface area contributed by atoms with Gasteiger partial charge in [-0.1, -0.05) is 64.3 Å². The molecule has 4 nitrogen and oxygen atoms in total. The number of aromatic nitrogens is 2. The molecule has 0 aliphatic heterocycles. The van der Waals surface area contributed by atoms with Crippen molar-refractivity contribution in [3.8, 4) is 0 Å². The smallest absolute Gasteiger partial charge is 0.266 e. The molecule has 0 aliphatic carbocycles. The first-order valence-corrected chi connectivity index (χ1v) is 9.74. The Kier molecular flexibility index (Phi) is 5.02. The highest BCUT2D eigenvalue weighted by Crippen LogP contribution is 2.35. The fourth-order valence-corrected chi connectivity index (χ4v) is 3.99. The molecule has 0 bridgehead atoms. The average Bonchev–Trinajstić information content (AvgIpc) is 3.07. The maximum Gasteiger partial charge on any atom is 0.266 e. The number of carbonyl (C=O) groups excluding carboxylic acids is 1. The number of amides is 1. The first-order valence-electron chi connectivity index (χ1n) is 7.79. The van der Waals surface area contributed by atoms with E-state index in [1.165, 1.54) is 28.5 Å². The summed E-state index contributed by atoms with van der Waals surface area (Å²) in [5, 5.41) is 1.38. The van der Waals surface area contributed by atoms with E-state index in [0.29, 0.717) is 21.4 Å². The predicted molar refractivity (Wildman–Crippen MR) is 112 cm³/mol. The molecule has 0 saturated carbocycles. The number of anilines is 2. The second-order valence-corrected chi connectivity index (χ2v) is 7.79. The van der Waals surface area contributed by atoms with Crippen LogP contribution >= 0.6 is 46.1 Å². The van der Waals surface area contributed by atoms with Gasteiger partial charge in [0.15, 0.2) is 5.13 Å². The van der Waals surface area contributed by atoms with Crippen LogP contribution in [0.1, 0.15) is 10.4 Å². The largest absolute Gasteiger partial charge is 0.268 e. The average molecular weight is 435 g/mol. The lowest BCUT2D eigenvalue weighted by atomic mass is 10.2. The molecular weight excluding hydrogens is 425 g/mol. The molecule has 1 amide bonds. The summed E-state index contributed by atoms with van der Waals surface area (Å²) < 4.78 is 0.972. The summed E-state index contributed by atoms with van der Waals surface area (Å²) in [7, 11) is 0. The summed E-state index contributed by atoms with van der Waals surface area (Å²) in [6.45, 7) is 0. The van der Waals surface area contributed by atoms with Crippen molar-refractivity contribution in [2.45, 2.75) is 0 Å². The molecule has 0 atom stereocenters. The van der Waals surface area contributed by atoms with Crippen molar-refractivity contribution in [3.63, 3.8) is 0 Å². The molecule has 4 rings (SSSR count). The number of pyridine rings is 1. The van der Waals surface area contributed by atoms with Crippen molar-refractivity contribution in [1.82, 2.24) is 9.97 Å². The molecule has 2 aromatic heterocycles. The van der Waals surface area contributed by atoms with E-state index in [9.17, 15) is 4.79 Å². The molecule has 2 heterocycles. The number of nitrogens with zero attached hydrogens (tertiary/aromatic N) is 3. The van der Waals surface area contributed by atoms with Gasteiger partial charge in [-0.15, -0.1) is 0 Å². The van der Waals surface area contributed by atoms with Crippen LogP contribution in [0, 0.1) is 0 Å². The summed E-state index contributed by atoms with van der Waals surface area (Å²) in [6.07, 6.45) is 1.39. The number of benzene rings is 2. The minimum atomic E-state index is -0.331. The Morgan fingerprint density at radius 2 is 1.81 bits per heavy atom. The third kappa shape index (κ3) is 3.64. The van der Waals surface area contributed by atoms with Crippen LogP contribution in [0.5, 0.6) is 0 Å². The number of carbonyl (C=O) groups is 1. The second kappa shape index (κ2) is 7.44. The number of fused-ring (bicyclic) bond motifs is 1. The first kappa shape index (κ1) is 18.2. The van der Waals surface area contributed by atoms with E-state index in [4.69, 9.17) is 34.8 Å². The summed E-state index contributed by atoms with van der Waals surface area (Å²) in [5.74, 6) is -0.331. The summed E-state index contributed by atoms with van der Waals surface area (Å²) in [4.78, 5) is 23.4. The van der Waals surface area contributed by atoms with Crippen LogP contribution in [-0.4, -0.2) is 15.9 Å². The van der Waals surface area contributed by atoms with Crippen LogP contribution < -0.4 is 4.90 Å². The zero-order chi connectivity index (χ0) is 19.0. The fraction of sp³-hybridized carbons (Fsp3) is 0. The van der Waals surface area contributed by atoms with E-state index in [1.54, 1.807) is 24.3 Å². The van der Waals surface area contributed by atoms with Crippen LogP contribution in [0.15, 0.2) is 60.8 Å². The Morgan fingerprint density at radius 3 is 2.56 bits per heavy atom. The lowest BCUT2D eigenvalue weighted by molar-refractivity contribution is 0.0999. The standard InChI is InChI=1S/C19H10Cl3N3OS/c20-12-4-3-5-13(9-12)25(18(26)11-8-14(21)17(22)23-10-11)19-24-15-6-1-2-7-16(15)27-19/h1-10H. The van der Waals surface area contributed by atoms with Crippen LogP contribution in [-0.2, 0) is 0 Å². The molecule has 0 unspecified atom stereocenters. The quantitative estimate of drug-likeness (QED) is 0.340. The van der Waals surface area contributed by atoms with Crippen LogP contribution in [0.3, 0.4) is 0 Å². The summed E-state index contributed by atoms with van der Waals surface area (Å²) >= 11 is 19.5. The van der Waals surface area contributed by atoms with Gasteiger partial charge in [0.2, 0.25) is 0 Å². The number of rotatable bonds is 3. The topological polar surface area (TPSA) is 46.1 Å². The highest BCUT2D eigenvalue weighted by Gasteiger charge is 2.24. The molecule has 0 aliphatic rings. The molecule has 27 heavy (non-hydrogen) atoms. The first-order chi connectivity index (χ1) is 13.0. The fourth-order valence-electron chi connectivity index (χ4n) is 2.55. The number of thiazole rings is 1. The van der Waals surface area contributed by atoms with E-state index in [-0.39, 0.29) is 16.1 Å². The molecule has 0 fully saturated rings. The van der Waals surface area contributed by atoms with Gasteiger partial charge in [0.1, 0.15) is 5.15 Å². The highest BCUT2D eigenvalue weighted by atomic mass is 35.5. The Balaban J connectivity index is 1.87. The van der Waals surface area contributed by atoms with E-state index in [2.05, 4.69) is 9.97 Å². The number of hydrogen-bond acceptors (Lipinski definition) is 4. The van der Waals surface area contributed by atoms with Gasteiger partial charge in [-0.2, -0.15) is 0 Å². The van der Waals surface area contributed by atoms with Crippen molar-refractivity contribution < 1.29 is 4.79 Å². The van der Waals surface area contributed by atoms with Gasteiger partial charge in [-0.05, 0) is 36.4 Å². The molecule has 0 spiro atoms. The maximum atomic E-state index is 13.3. The van der Waals surface area contributed by atoms with Crippen LogP contribution in [0.25, 0.3) is 10.2 Å². The van der Waals surface area contributed by atoms with E-state index in [0.717, 1.165) is 10.2 Å². The number of para-hydroxylation sites is 1. The lowest BCUT2D eigenvalue weighted by Gasteiger charge is -2.20. The van der Waals surface area contributed by atoms with Gasteiger partial charge in [0.05, 0.1) is 26.5 Å². The van der Waals surface area contributed by atoms with Gasteiger partial charge < -0.3 is 0 Å². The predicted octanol–water partition coefficient (Wildman–Crippen LogP) is 6.63. The minimum absolute atomic E-state index is 0.141. The minimum Gasteiger partial charge on any atom is -0.268 e. The molecule has 0 N–H and O–H groups in total. The van der Waals surface area contributed by atoms with E-state index < -0.39 is 0 Å².